The predicted molar refractivity (Wildman–Crippen MR) is 188 cm³/mol. The van der Waals surface area contributed by atoms with E-state index in [1.807, 2.05) is 21.1 Å². The molecule has 0 bridgehead atoms. The molecule has 4 unspecified atom stereocenters. The van der Waals surface area contributed by atoms with Crippen LogP contribution in [0.5, 0.6) is 0 Å². The van der Waals surface area contributed by atoms with E-state index in [-0.39, 0.29) is 18.9 Å². The van der Waals surface area contributed by atoms with Gasteiger partial charge in [-0.1, -0.05) is 122 Å². The third kappa shape index (κ3) is 29.3. The Hall–Kier alpha value is -0.800. The lowest BCUT2D eigenvalue weighted by atomic mass is 10.0. The molecule has 46 heavy (non-hydrogen) atoms. The summed E-state index contributed by atoms with van der Waals surface area (Å²) in [6, 6.07) is -1.08. The topological polar surface area (TPSA) is 128 Å². The SMILES string of the molecule is CCCCCCCCC/C=C/CCCC(O)C(O)C(COP(=O)([O-])OCC[N+](C)(C)C)NC(=O)CCCCCCCCCCCC. The fourth-order valence-electron chi connectivity index (χ4n) is 5.25. The molecule has 0 radical (unpaired) electrons. The Morgan fingerprint density at radius 3 is 1.76 bits per heavy atom. The van der Waals surface area contributed by atoms with Crippen molar-refractivity contribution >= 4 is 13.7 Å². The number of nitrogens with one attached hydrogen (secondary N) is 1. The van der Waals surface area contributed by atoms with E-state index in [2.05, 4.69) is 31.3 Å². The molecular formula is C36H73N2O7P. The van der Waals surface area contributed by atoms with Gasteiger partial charge in [0, 0.05) is 6.42 Å². The van der Waals surface area contributed by atoms with Gasteiger partial charge in [-0.15, -0.1) is 0 Å². The van der Waals surface area contributed by atoms with E-state index in [1.54, 1.807) is 0 Å². The Kier molecular flexibility index (Phi) is 28.6. The van der Waals surface area contributed by atoms with Gasteiger partial charge in [0.25, 0.3) is 7.82 Å². The maximum Gasteiger partial charge on any atom is 0.268 e. The van der Waals surface area contributed by atoms with Crippen LogP contribution in [0.15, 0.2) is 12.2 Å². The third-order valence-electron chi connectivity index (χ3n) is 8.35. The summed E-state index contributed by atoms with van der Waals surface area (Å²) in [6.07, 6.45) is 25.4. The smallest absolute Gasteiger partial charge is 0.268 e. The highest BCUT2D eigenvalue weighted by Crippen LogP contribution is 2.38. The zero-order valence-corrected chi connectivity index (χ0v) is 31.3. The number of nitrogens with zero attached hydrogens (tertiary/aromatic N) is 1. The summed E-state index contributed by atoms with van der Waals surface area (Å²) in [5.41, 5.74) is 0. The van der Waals surface area contributed by atoms with Crippen molar-refractivity contribution in [3.63, 3.8) is 0 Å². The molecule has 0 saturated carbocycles. The van der Waals surface area contributed by atoms with Crippen molar-refractivity contribution in [3.05, 3.63) is 12.2 Å². The first-order valence-electron chi connectivity index (χ1n) is 18.6. The van der Waals surface area contributed by atoms with Gasteiger partial charge in [-0.05, 0) is 38.5 Å². The van der Waals surface area contributed by atoms with Crippen molar-refractivity contribution in [1.82, 2.24) is 5.32 Å². The van der Waals surface area contributed by atoms with Crippen LogP contribution < -0.4 is 10.2 Å². The first-order valence-corrected chi connectivity index (χ1v) is 20.1. The average molecular weight is 677 g/mol. The molecule has 0 aromatic carbocycles. The fraction of sp³-hybridized carbons (Fsp3) is 0.917. The number of aliphatic hydroxyl groups is 2. The quantitative estimate of drug-likeness (QED) is 0.0283. The van der Waals surface area contributed by atoms with Crippen LogP contribution in [0.4, 0.5) is 0 Å². The van der Waals surface area contributed by atoms with Gasteiger partial charge < -0.3 is 34.0 Å². The maximum atomic E-state index is 12.7. The average Bonchev–Trinajstić information content (AvgIpc) is 2.99. The number of amides is 1. The van der Waals surface area contributed by atoms with Gasteiger partial charge in [0.15, 0.2) is 0 Å². The second kappa shape index (κ2) is 29.1. The van der Waals surface area contributed by atoms with Crippen LogP contribution in [0, 0.1) is 0 Å². The summed E-state index contributed by atoms with van der Waals surface area (Å²) in [5.74, 6) is -0.292. The van der Waals surface area contributed by atoms with Gasteiger partial charge in [-0.2, -0.15) is 0 Å². The standard InChI is InChI=1S/C36H73N2O7P/c1-6-8-10-12-14-16-18-19-20-22-24-26-28-34(39)36(41)33(32-45-46(42,43)44-31-30-38(3,4)5)37-35(40)29-27-25-23-21-17-15-13-11-9-7-2/h20,22,33-34,36,39,41H,6-19,21,23-32H2,1-5H3,(H-,37,40,42,43)/b22-20+. The predicted octanol–water partition coefficient (Wildman–Crippen LogP) is 7.58. The van der Waals surface area contributed by atoms with E-state index in [4.69, 9.17) is 9.05 Å². The molecule has 0 aliphatic rings. The Morgan fingerprint density at radius 2 is 1.24 bits per heavy atom. The van der Waals surface area contributed by atoms with Crippen LogP contribution in [-0.2, 0) is 18.4 Å². The number of unbranched alkanes of at least 4 members (excludes halogenated alkanes) is 17. The molecule has 0 fully saturated rings. The van der Waals surface area contributed by atoms with E-state index >= 15 is 0 Å². The Labute approximate surface area is 283 Å². The van der Waals surface area contributed by atoms with Crippen molar-refractivity contribution in [1.29, 1.82) is 0 Å². The summed E-state index contributed by atoms with van der Waals surface area (Å²) in [7, 11) is 1.11. The molecule has 1 amide bonds. The van der Waals surface area contributed by atoms with Crippen molar-refractivity contribution < 1.29 is 38.0 Å². The number of hydrogen-bond donors (Lipinski definition) is 3. The normalized spacial score (nSPS) is 15.6. The molecule has 9 nitrogen and oxygen atoms in total. The van der Waals surface area contributed by atoms with Crippen molar-refractivity contribution in [3.8, 4) is 0 Å². The van der Waals surface area contributed by atoms with Gasteiger partial charge in [-0.25, -0.2) is 0 Å². The van der Waals surface area contributed by atoms with E-state index in [0.717, 1.165) is 32.1 Å². The highest BCUT2D eigenvalue weighted by molar-refractivity contribution is 7.45. The lowest BCUT2D eigenvalue weighted by Gasteiger charge is -2.31. The zero-order valence-electron chi connectivity index (χ0n) is 30.4. The molecular weight excluding hydrogens is 603 g/mol. The molecule has 0 rings (SSSR count). The fourth-order valence-corrected chi connectivity index (χ4v) is 5.97. The van der Waals surface area contributed by atoms with E-state index in [9.17, 15) is 24.5 Å². The van der Waals surface area contributed by atoms with Crippen LogP contribution >= 0.6 is 7.82 Å². The number of likely N-dealkylation sites (N-methyl/N-ethyl adjacent to an activating group) is 1. The van der Waals surface area contributed by atoms with Gasteiger partial charge in [0.05, 0.1) is 39.9 Å². The number of phosphoric acid groups is 1. The van der Waals surface area contributed by atoms with Gasteiger partial charge >= 0.3 is 0 Å². The second-order valence-electron chi connectivity index (χ2n) is 14.1. The van der Waals surface area contributed by atoms with Crippen LogP contribution in [0.3, 0.4) is 0 Å². The summed E-state index contributed by atoms with van der Waals surface area (Å²) >= 11 is 0. The number of allylic oxidation sites excluding steroid dienone is 2. The number of phosphoric ester groups is 1. The lowest BCUT2D eigenvalue weighted by molar-refractivity contribution is -0.870. The van der Waals surface area contributed by atoms with Crippen LogP contribution in [0.1, 0.15) is 155 Å². The van der Waals surface area contributed by atoms with Crippen molar-refractivity contribution in [2.24, 2.45) is 0 Å². The number of carbonyl (C=O) groups is 1. The van der Waals surface area contributed by atoms with Crippen LogP contribution in [0.25, 0.3) is 0 Å². The third-order valence-corrected chi connectivity index (χ3v) is 9.31. The van der Waals surface area contributed by atoms with E-state index in [0.29, 0.717) is 30.3 Å². The summed E-state index contributed by atoms with van der Waals surface area (Å²) < 4.78 is 23.0. The minimum Gasteiger partial charge on any atom is -0.756 e. The molecule has 0 aromatic heterocycles. The Morgan fingerprint density at radius 1 is 0.761 bits per heavy atom. The first-order chi connectivity index (χ1) is 21.9. The van der Waals surface area contributed by atoms with E-state index in [1.165, 1.54) is 83.5 Å². The second-order valence-corrected chi connectivity index (χ2v) is 15.5. The minimum absolute atomic E-state index is 0.0439. The molecule has 274 valence electrons. The number of quaternary nitrogens is 1. The molecule has 0 heterocycles. The molecule has 0 aromatic rings. The minimum atomic E-state index is -4.65. The van der Waals surface area contributed by atoms with Crippen molar-refractivity contribution in [2.45, 2.75) is 173 Å². The van der Waals surface area contributed by atoms with Crippen molar-refractivity contribution in [2.75, 3.05) is 40.9 Å². The maximum absolute atomic E-state index is 12.7. The molecule has 0 saturated heterocycles. The summed E-state index contributed by atoms with van der Waals surface area (Å²) in [5, 5.41) is 24.4. The number of aliphatic hydroxyl groups excluding tert-OH is 2. The van der Waals surface area contributed by atoms with Crippen LogP contribution in [0.2, 0.25) is 0 Å². The zero-order chi connectivity index (χ0) is 34.5. The van der Waals surface area contributed by atoms with Gasteiger partial charge in [-0.3, -0.25) is 9.36 Å². The van der Waals surface area contributed by atoms with Crippen LogP contribution in [-0.4, -0.2) is 79.8 Å². The molecule has 0 spiro atoms. The highest BCUT2D eigenvalue weighted by Gasteiger charge is 2.29. The largest absolute Gasteiger partial charge is 0.756 e. The van der Waals surface area contributed by atoms with E-state index < -0.39 is 32.7 Å². The molecule has 0 aliphatic carbocycles. The number of rotatable bonds is 33. The summed E-state index contributed by atoms with van der Waals surface area (Å²) in [6.45, 7) is 4.36. The Bertz CT molecular complexity index is 791. The lowest BCUT2D eigenvalue weighted by Crippen LogP contribution is -2.51. The molecule has 4 atom stereocenters. The highest BCUT2D eigenvalue weighted by atomic mass is 31.2. The summed E-state index contributed by atoms with van der Waals surface area (Å²) in [4.78, 5) is 25.1. The molecule has 10 heteroatoms. The molecule has 0 aliphatic heterocycles. The molecule has 3 N–H and O–H groups in total. The number of hydrogen-bond acceptors (Lipinski definition) is 7. The number of carbonyl (C=O) groups excluding carboxylic acids is 1. The monoisotopic (exact) mass is 677 g/mol. The Balaban J connectivity index is 4.70. The first kappa shape index (κ1) is 45.2. The van der Waals surface area contributed by atoms with Gasteiger partial charge in [0.2, 0.25) is 5.91 Å². The van der Waals surface area contributed by atoms with Gasteiger partial charge in [0.1, 0.15) is 19.3 Å².